The van der Waals surface area contributed by atoms with E-state index in [1.165, 1.54) is 4.90 Å². The Labute approximate surface area is 135 Å². The molecule has 0 aliphatic carbocycles. The topological polar surface area (TPSA) is 69.6 Å². The standard InChI is InChI=1S/C18H20N2O3/c1-20(13-15-5-3-2-4-6-15)18(23)17(22)19-12-11-14-7-9-16(21)10-8-14/h2-10,21H,11-13H2,1H3,(H,19,22). The molecule has 2 aromatic carbocycles. The summed E-state index contributed by atoms with van der Waals surface area (Å²) < 4.78 is 0. The molecule has 120 valence electrons. The summed E-state index contributed by atoms with van der Waals surface area (Å²) in [6.07, 6.45) is 0.599. The average Bonchev–Trinajstić information content (AvgIpc) is 2.56. The zero-order valence-electron chi connectivity index (χ0n) is 13.0. The molecule has 0 aliphatic rings. The molecule has 0 spiro atoms. The highest BCUT2D eigenvalue weighted by atomic mass is 16.3. The van der Waals surface area contributed by atoms with Gasteiger partial charge in [0.25, 0.3) is 0 Å². The Morgan fingerprint density at radius 3 is 2.30 bits per heavy atom. The minimum Gasteiger partial charge on any atom is -0.508 e. The number of nitrogens with one attached hydrogen (secondary N) is 1. The van der Waals surface area contributed by atoms with E-state index in [1.54, 1.807) is 31.3 Å². The van der Waals surface area contributed by atoms with Crippen LogP contribution in [0.1, 0.15) is 11.1 Å². The average molecular weight is 312 g/mol. The fourth-order valence-electron chi connectivity index (χ4n) is 2.16. The maximum Gasteiger partial charge on any atom is 0.311 e. The zero-order valence-corrected chi connectivity index (χ0v) is 13.0. The van der Waals surface area contributed by atoms with Crippen LogP contribution in [-0.2, 0) is 22.6 Å². The van der Waals surface area contributed by atoms with E-state index in [4.69, 9.17) is 0 Å². The van der Waals surface area contributed by atoms with Gasteiger partial charge < -0.3 is 15.3 Å². The number of amides is 2. The van der Waals surface area contributed by atoms with Crippen LogP contribution in [0.5, 0.6) is 5.75 Å². The van der Waals surface area contributed by atoms with E-state index in [0.717, 1.165) is 11.1 Å². The Morgan fingerprint density at radius 1 is 1.00 bits per heavy atom. The Kier molecular flexibility index (Phi) is 5.74. The lowest BCUT2D eigenvalue weighted by Gasteiger charge is -2.16. The van der Waals surface area contributed by atoms with Crippen LogP contribution >= 0.6 is 0 Å². The molecule has 0 aliphatic heterocycles. The third-order valence-electron chi connectivity index (χ3n) is 3.44. The molecule has 23 heavy (non-hydrogen) atoms. The number of rotatable bonds is 5. The molecular weight excluding hydrogens is 292 g/mol. The maximum absolute atomic E-state index is 12.0. The van der Waals surface area contributed by atoms with Gasteiger partial charge in [-0.3, -0.25) is 9.59 Å². The van der Waals surface area contributed by atoms with Crippen LogP contribution in [0.15, 0.2) is 54.6 Å². The van der Waals surface area contributed by atoms with Crippen LogP contribution in [-0.4, -0.2) is 35.4 Å². The van der Waals surface area contributed by atoms with Gasteiger partial charge in [0, 0.05) is 20.1 Å². The van der Waals surface area contributed by atoms with Gasteiger partial charge in [0.05, 0.1) is 0 Å². The minimum atomic E-state index is -0.609. The van der Waals surface area contributed by atoms with Crippen molar-refractivity contribution in [2.45, 2.75) is 13.0 Å². The molecule has 0 heterocycles. The van der Waals surface area contributed by atoms with Gasteiger partial charge in [0.2, 0.25) is 0 Å². The van der Waals surface area contributed by atoms with Gasteiger partial charge in [-0.25, -0.2) is 0 Å². The molecule has 0 saturated heterocycles. The fourth-order valence-corrected chi connectivity index (χ4v) is 2.16. The first-order valence-corrected chi connectivity index (χ1v) is 7.41. The second-order valence-corrected chi connectivity index (χ2v) is 5.32. The SMILES string of the molecule is CN(Cc1ccccc1)C(=O)C(=O)NCCc1ccc(O)cc1. The molecule has 0 radical (unpaired) electrons. The smallest absolute Gasteiger partial charge is 0.311 e. The molecule has 2 amide bonds. The molecule has 0 bridgehead atoms. The maximum atomic E-state index is 12.0. The lowest BCUT2D eigenvalue weighted by atomic mass is 10.1. The number of likely N-dealkylation sites (N-methyl/N-ethyl adjacent to an activating group) is 1. The molecule has 0 aromatic heterocycles. The number of nitrogens with zero attached hydrogens (tertiary/aromatic N) is 1. The van der Waals surface area contributed by atoms with Crippen LogP contribution < -0.4 is 5.32 Å². The highest BCUT2D eigenvalue weighted by Crippen LogP contribution is 2.09. The number of carbonyl (C=O) groups is 2. The second kappa shape index (κ2) is 7.98. The number of benzene rings is 2. The van der Waals surface area contributed by atoms with Crippen molar-refractivity contribution in [2.24, 2.45) is 0 Å². The molecule has 5 heteroatoms. The fraction of sp³-hybridized carbons (Fsp3) is 0.222. The van der Waals surface area contributed by atoms with E-state index in [1.807, 2.05) is 30.3 Å². The van der Waals surface area contributed by atoms with E-state index < -0.39 is 11.8 Å². The van der Waals surface area contributed by atoms with Crippen molar-refractivity contribution in [1.29, 1.82) is 0 Å². The van der Waals surface area contributed by atoms with E-state index in [0.29, 0.717) is 19.5 Å². The van der Waals surface area contributed by atoms with Crippen LogP contribution in [0.2, 0.25) is 0 Å². The monoisotopic (exact) mass is 312 g/mol. The normalized spacial score (nSPS) is 10.1. The molecule has 0 unspecified atom stereocenters. The molecular formula is C18H20N2O3. The number of carbonyl (C=O) groups excluding carboxylic acids is 2. The first-order chi connectivity index (χ1) is 11.1. The van der Waals surface area contributed by atoms with Crippen molar-refractivity contribution in [1.82, 2.24) is 10.2 Å². The van der Waals surface area contributed by atoms with Crippen LogP contribution in [0.3, 0.4) is 0 Å². The molecule has 5 nitrogen and oxygen atoms in total. The van der Waals surface area contributed by atoms with Gasteiger partial charge in [-0.2, -0.15) is 0 Å². The lowest BCUT2D eigenvalue weighted by molar-refractivity contribution is -0.145. The summed E-state index contributed by atoms with van der Waals surface area (Å²) in [6.45, 7) is 0.763. The zero-order chi connectivity index (χ0) is 16.7. The van der Waals surface area contributed by atoms with Gasteiger partial charge >= 0.3 is 11.8 Å². The Hall–Kier alpha value is -2.82. The molecule has 0 saturated carbocycles. The van der Waals surface area contributed by atoms with E-state index in [2.05, 4.69) is 5.32 Å². The summed E-state index contributed by atoms with van der Waals surface area (Å²) in [5.41, 5.74) is 1.95. The van der Waals surface area contributed by atoms with Crippen molar-refractivity contribution < 1.29 is 14.7 Å². The molecule has 2 rings (SSSR count). The Balaban J connectivity index is 1.78. The summed E-state index contributed by atoms with van der Waals surface area (Å²) >= 11 is 0. The van der Waals surface area contributed by atoms with E-state index in [-0.39, 0.29) is 5.75 Å². The van der Waals surface area contributed by atoms with Crippen LogP contribution in [0.25, 0.3) is 0 Å². The van der Waals surface area contributed by atoms with Gasteiger partial charge in [-0.15, -0.1) is 0 Å². The van der Waals surface area contributed by atoms with Gasteiger partial charge in [-0.05, 0) is 29.7 Å². The summed E-state index contributed by atoms with van der Waals surface area (Å²) in [4.78, 5) is 25.3. The summed E-state index contributed by atoms with van der Waals surface area (Å²) in [7, 11) is 1.61. The van der Waals surface area contributed by atoms with Crippen molar-refractivity contribution in [2.75, 3.05) is 13.6 Å². The highest BCUT2D eigenvalue weighted by molar-refractivity contribution is 6.34. The van der Waals surface area contributed by atoms with Crippen LogP contribution in [0, 0.1) is 0 Å². The quantitative estimate of drug-likeness (QED) is 0.826. The highest BCUT2D eigenvalue weighted by Gasteiger charge is 2.18. The predicted molar refractivity (Wildman–Crippen MR) is 87.7 cm³/mol. The number of hydrogen-bond donors (Lipinski definition) is 2. The van der Waals surface area contributed by atoms with Gasteiger partial charge in [-0.1, -0.05) is 42.5 Å². The van der Waals surface area contributed by atoms with E-state index >= 15 is 0 Å². The lowest BCUT2D eigenvalue weighted by Crippen LogP contribution is -2.41. The Morgan fingerprint density at radius 2 is 1.65 bits per heavy atom. The van der Waals surface area contributed by atoms with Gasteiger partial charge in [0.1, 0.15) is 5.75 Å². The molecule has 0 fully saturated rings. The predicted octanol–water partition coefficient (Wildman–Crippen LogP) is 1.71. The second-order valence-electron chi connectivity index (χ2n) is 5.32. The number of hydrogen-bond acceptors (Lipinski definition) is 3. The van der Waals surface area contributed by atoms with E-state index in [9.17, 15) is 14.7 Å². The molecule has 0 atom stereocenters. The Bertz CT molecular complexity index is 654. The van der Waals surface area contributed by atoms with Crippen molar-refractivity contribution >= 4 is 11.8 Å². The largest absolute Gasteiger partial charge is 0.508 e. The molecule has 2 N–H and O–H groups in total. The number of phenolic OH excluding ortho intramolecular Hbond substituents is 1. The third-order valence-corrected chi connectivity index (χ3v) is 3.44. The first-order valence-electron chi connectivity index (χ1n) is 7.41. The van der Waals surface area contributed by atoms with Gasteiger partial charge in [0.15, 0.2) is 0 Å². The van der Waals surface area contributed by atoms with Crippen LogP contribution in [0.4, 0.5) is 0 Å². The van der Waals surface area contributed by atoms with Crippen molar-refractivity contribution in [3.05, 3.63) is 65.7 Å². The van der Waals surface area contributed by atoms with Crippen molar-refractivity contribution in [3.63, 3.8) is 0 Å². The summed E-state index contributed by atoms with van der Waals surface area (Å²) in [5, 5.41) is 11.8. The number of phenols is 1. The minimum absolute atomic E-state index is 0.204. The summed E-state index contributed by atoms with van der Waals surface area (Å²) in [5.74, 6) is -0.961. The number of aromatic hydroxyl groups is 1. The molecule has 2 aromatic rings. The third kappa shape index (κ3) is 5.14. The first kappa shape index (κ1) is 16.5. The summed E-state index contributed by atoms with van der Waals surface area (Å²) in [6, 6.07) is 16.3. The van der Waals surface area contributed by atoms with Crippen molar-refractivity contribution in [3.8, 4) is 5.75 Å².